The maximum atomic E-state index is 10.2. The lowest BCUT2D eigenvalue weighted by Crippen LogP contribution is -2.26. The highest BCUT2D eigenvalue weighted by atomic mass is 16.5. The Kier molecular flexibility index (Phi) is 4.02. The van der Waals surface area contributed by atoms with E-state index in [4.69, 9.17) is 4.74 Å². The van der Waals surface area contributed by atoms with Gasteiger partial charge in [-0.2, -0.15) is 0 Å². The van der Waals surface area contributed by atoms with Gasteiger partial charge < -0.3 is 14.4 Å². The van der Waals surface area contributed by atoms with E-state index in [1.165, 1.54) is 18.4 Å². The Labute approximate surface area is 142 Å². The fraction of sp³-hybridized carbons (Fsp3) is 0.556. The molecule has 6 nitrogen and oxygen atoms in total. The van der Waals surface area contributed by atoms with Crippen LogP contribution in [-0.4, -0.2) is 44.5 Å². The van der Waals surface area contributed by atoms with E-state index in [0.29, 0.717) is 12.6 Å². The van der Waals surface area contributed by atoms with Crippen molar-refractivity contribution in [2.45, 2.75) is 50.9 Å². The van der Waals surface area contributed by atoms with Crippen LogP contribution in [0.25, 0.3) is 0 Å². The molecule has 2 heterocycles. The van der Waals surface area contributed by atoms with Gasteiger partial charge >= 0.3 is 0 Å². The molecule has 0 spiro atoms. The Balaban J connectivity index is 1.59. The second-order valence-electron chi connectivity index (χ2n) is 6.88. The zero-order chi connectivity index (χ0) is 16.7. The molecule has 1 aliphatic carbocycles. The van der Waals surface area contributed by atoms with Gasteiger partial charge in [-0.25, -0.2) is 0 Å². The van der Waals surface area contributed by atoms with Crippen molar-refractivity contribution < 1.29 is 9.84 Å². The van der Waals surface area contributed by atoms with Gasteiger partial charge in [0.2, 0.25) is 0 Å². The molecule has 0 unspecified atom stereocenters. The van der Waals surface area contributed by atoms with Crippen LogP contribution in [0.3, 0.4) is 0 Å². The normalized spacial score (nSPS) is 24.5. The molecule has 1 aliphatic heterocycles. The van der Waals surface area contributed by atoms with Crippen molar-refractivity contribution in [2.75, 3.05) is 13.7 Å². The highest BCUT2D eigenvalue weighted by Crippen LogP contribution is 2.38. The molecular formula is C18H24N4O2. The molecule has 1 saturated carbocycles. The lowest BCUT2D eigenvalue weighted by atomic mass is 10.0. The van der Waals surface area contributed by atoms with Crippen molar-refractivity contribution in [1.29, 1.82) is 0 Å². The summed E-state index contributed by atoms with van der Waals surface area (Å²) in [6.45, 7) is 3.40. The Morgan fingerprint density at radius 3 is 2.88 bits per heavy atom. The van der Waals surface area contributed by atoms with E-state index in [1.54, 1.807) is 7.11 Å². The fourth-order valence-corrected chi connectivity index (χ4v) is 3.76. The maximum absolute atomic E-state index is 10.2. The average Bonchev–Trinajstić information content (AvgIpc) is 3.26. The minimum absolute atomic E-state index is 0.180. The summed E-state index contributed by atoms with van der Waals surface area (Å²) >= 11 is 0. The van der Waals surface area contributed by atoms with E-state index < -0.39 is 0 Å². The van der Waals surface area contributed by atoms with Crippen molar-refractivity contribution in [3.63, 3.8) is 0 Å². The summed E-state index contributed by atoms with van der Waals surface area (Å²) in [7, 11) is 1.68. The first-order valence-corrected chi connectivity index (χ1v) is 8.62. The van der Waals surface area contributed by atoms with E-state index in [-0.39, 0.29) is 12.1 Å². The predicted octanol–water partition coefficient (Wildman–Crippen LogP) is 2.24. The van der Waals surface area contributed by atoms with Crippen molar-refractivity contribution in [2.24, 2.45) is 0 Å². The summed E-state index contributed by atoms with van der Waals surface area (Å²) in [6, 6.07) is 8.87. The molecular weight excluding hydrogens is 304 g/mol. The van der Waals surface area contributed by atoms with Crippen LogP contribution in [0.4, 0.5) is 0 Å². The van der Waals surface area contributed by atoms with Crippen LogP contribution in [0.1, 0.15) is 48.6 Å². The van der Waals surface area contributed by atoms with E-state index in [2.05, 4.69) is 31.8 Å². The first-order chi connectivity index (χ1) is 11.7. The van der Waals surface area contributed by atoms with Crippen LogP contribution in [0, 0.1) is 6.92 Å². The van der Waals surface area contributed by atoms with Gasteiger partial charge in [0.25, 0.3) is 0 Å². The number of ether oxygens (including phenoxy) is 1. The topological polar surface area (TPSA) is 63.4 Å². The van der Waals surface area contributed by atoms with Crippen LogP contribution in [0.2, 0.25) is 0 Å². The summed E-state index contributed by atoms with van der Waals surface area (Å²) < 4.78 is 7.62. The quantitative estimate of drug-likeness (QED) is 0.912. The van der Waals surface area contributed by atoms with Crippen LogP contribution in [0.5, 0.6) is 5.75 Å². The van der Waals surface area contributed by atoms with Gasteiger partial charge in [0.1, 0.15) is 17.4 Å². The summed E-state index contributed by atoms with van der Waals surface area (Å²) in [6.07, 6.45) is 2.87. The van der Waals surface area contributed by atoms with Crippen molar-refractivity contribution in [1.82, 2.24) is 19.7 Å². The number of hydrogen-bond acceptors (Lipinski definition) is 5. The SMILES string of the molecule is COc1cccc([C@@H]2C[C@H](O)CN2Cc2nnc(C)n2C2CC2)c1. The smallest absolute Gasteiger partial charge is 0.147 e. The molecule has 6 heteroatoms. The van der Waals surface area contributed by atoms with E-state index in [0.717, 1.165) is 30.4 Å². The Hall–Kier alpha value is -1.92. The van der Waals surface area contributed by atoms with E-state index in [9.17, 15) is 5.11 Å². The molecule has 0 bridgehead atoms. The van der Waals surface area contributed by atoms with E-state index in [1.807, 2.05) is 19.1 Å². The Morgan fingerprint density at radius 1 is 1.29 bits per heavy atom. The van der Waals surface area contributed by atoms with Gasteiger partial charge in [-0.15, -0.1) is 10.2 Å². The molecule has 1 aromatic carbocycles. The largest absolute Gasteiger partial charge is 0.497 e. The first kappa shape index (κ1) is 15.6. The molecule has 1 saturated heterocycles. The molecule has 2 aromatic rings. The van der Waals surface area contributed by atoms with Crippen LogP contribution in [-0.2, 0) is 6.54 Å². The second-order valence-corrected chi connectivity index (χ2v) is 6.88. The molecule has 128 valence electrons. The number of aliphatic hydroxyl groups is 1. The van der Waals surface area contributed by atoms with Crippen LogP contribution < -0.4 is 4.74 Å². The minimum atomic E-state index is -0.306. The zero-order valence-corrected chi connectivity index (χ0v) is 14.2. The number of benzene rings is 1. The molecule has 2 atom stereocenters. The van der Waals surface area contributed by atoms with Gasteiger partial charge in [0.15, 0.2) is 0 Å². The first-order valence-electron chi connectivity index (χ1n) is 8.62. The number of β-amino-alcohol motifs (C(OH)–C–C–N with tert-alkyl or cyclic N) is 1. The Bertz CT molecular complexity index is 726. The van der Waals surface area contributed by atoms with Gasteiger partial charge in [-0.05, 0) is 43.9 Å². The van der Waals surface area contributed by atoms with E-state index >= 15 is 0 Å². The average molecular weight is 328 g/mol. The summed E-state index contributed by atoms with van der Waals surface area (Å²) in [5, 5.41) is 18.9. The Morgan fingerprint density at radius 2 is 2.12 bits per heavy atom. The highest BCUT2D eigenvalue weighted by Gasteiger charge is 2.35. The standard InChI is InChI=1S/C18H24N4O2/c1-12-19-20-18(22(12)14-6-7-14)11-21-10-15(23)9-17(21)13-4-3-5-16(8-13)24-2/h3-5,8,14-15,17,23H,6-7,9-11H2,1-2H3/t15-,17-/m0/s1. The molecule has 0 radical (unpaired) electrons. The van der Waals surface area contributed by atoms with Crippen molar-refractivity contribution in [3.05, 3.63) is 41.5 Å². The molecule has 1 aromatic heterocycles. The van der Waals surface area contributed by atoms with Gasteiger partial charge in [0, 0.05) is 18.6 Å². The molecule has 1 N–H and O–H groups in total. The number of methoxy groups -OCH3 is 1. The summed E-state index contributed by atoms with van der Waals surface area (Å²) in [4.78, 5) is 2.31. The highest BCUT2D eigenvalue weighted by molar-refractivity contribution is 5.31. The summed E-state index contributed by atoms with van der Waals surface area (Å²) in [5.74, 6) is 2.85. The number of nitrogens with zero attached hydrogens (tertiary/aromatic N) is 4. The number of aromatic nitrogens is 3. The van der Waals surface area contributed by atoms with Gasteiger partial charge in [0.05, 0.1) is 19.8 Å². The molecule has 2 aliphatic rings. The number of hydrogen-bond donors (Lipinski definition) is 1. The zero-order valence-electron chi connectivity index (χ0n) is 14.2. The summed E-state index contributed by atoms with van der Waals surface area (Å²) in [5.41, 5.74) is 1.18. The minimum Gasteiger partial charge on any atom is -0.497 e. The number of aliphatic hydroxyl groups excluding tert-OH is 1. The third-order valence-corrected chi connectivity index (χ3v) is 5.05. The van der Waals surface area contributed by atoms with Crippen molar-refractivity contribution in [3.8, 4) is 5.75 Å². The second kappa shape index (κ2) is 6.18. The number of likely N-dealkylation sites (tertiary alicyclic amines) is 1. The fourth-order valence-electron chi connectivity index (χ4n) is 3.76. The molecule has 0 amide bonds. The number of aryl methyl sites for hydroxylation is 1. The maximum Gasteiger partial charge on any atom is 0.147 e. The van der Waals surface area contributed by atoms with Gasteiger partial charge in [-0.3, -0.25) is 4.90 Å². The third-order valence-electron chi connectivity index (χ3n) is 5.05. The molecule has 2 fully saturated rings. The lowest BCUT2D eigenvalue weighted by Gasteiger charge is -2.24. The predicted molar refractivity (Wildman–Crippen MR) is 89.8 cm³/mol. The third kappa shape index (κ3) is 2.91. The van der Waals surface area contributed by atoms with Crippen molar-refractivity contribution >= 4 is 0 Å². The number of rotatable bonds is 5. The monoisotopic (exact) mass is 328 g/mol. The molecule has 4 rings (SSSR count). The van der Waals surface area contributed by atoms with Crippen LogP contribution in [0.15, 0.2) is 24.3 Å². The van der Waals surface area contributed by atoms with Gasteiger partial charge in [-0.1, -0.05) is 12.1 Å². The molecule has 24 heavy (non-hydrogen) atoms. The lowest BCUT2D eigenvalue weighted by molar-refractivity contribution is 0.170. The van der Waals surface area contributed by atoms with Crippen LogP contribution >= 0.6 is 0 Å².